The predicted octanol–water partition coefficient (Wildman–Crippen LogP) is 3.55. The first-order valence-electron chi connectivity index (χ1n) is 8.14. The number of carbonyl (C=O) groups excluding carboxylic acids is 1. The molecule has 3 aliphatic carbocycles. The fourth-order valence-corrected chi connectivity index (χ4v) is 6.27. The van der Waals surface area contributed by atoms with Crippen LogP contribution in [0, 0.1) is 23.2 Å². The van der Waals surface area contributed by atoms with Gasteiger partial charge in [-0.3, -0.25) is 4.79 Å². The number of nitrogens with zero attached hydrogens (tertiary/aromatic N) is 1. The normalized spacial score (nSPS) is 28.5. The van der Waals surface area contributed by atoms with Gasteiger partial charge in [-0.1, -0.05) is 13.8 Å². The molecule has 0 aromatic heterocycles. The van der Waals surface area contributed by atoms with Crippen LogP contribution in [0.3, 0.4) is 0 Å². The second-order valence-corrected chi connectivity index (χ2v) is 11.1. The SMILES string of the molecule is CC1(C)C2CCC(CCC(=O)C(F)(F)S(=O)(=O)[N-]S(=O)(=O)C(F)(F)F)C1C2. The van der Waals surface area contributed by atoms with Crippen LogP contribution in [0.15, 0.2) is 0 Å². The lowest BCUT2D eigenvalue weighted by molar-refractivity contribution is -0.136. The zero-order valence-corrected chi connectivity index (χ0v) is 16.1. The van der Waals surface area contributed by atoms with E-state index in [2.05, 4.69) is 0 Å². The molecule has 0 heterocycles. The molecule has 0 amide bonds. The Morgan fingerprint density at radius 1 is 1.04 bits per heavy atom. The van der Waals surface area contributed by atoms with Crippen molar-refractivity contribution in [3.05, 3.63) is 4.13 Å². The Bertz CT molecular complexity index is 817. The maximum absolute atomic E-state index is 13.9. The van der Waals surface area contributed by atoms with E-state index in [1.54, 1.807) is 0 Å². The summed E-state index contributed by atoms with van der Waals surface area (Å²) in [6.07, 6.45) is 1.50. The second kappa shape index (κ2) is 6.61. The molecule has 3 atom stereocenters. The Morgan fingerprint density at radius 2 is 1.59 bits per heavy atom. The van der Waals surface area contributed by atoms with E-state index < -0.39 is 43.0 Å². The van der Waals surface area contributed by atoms with E-state index in [1.807, 2.05) is 13.8 Å². The lowest BCUT2D eigenvalue weighted by Crippen LogP contribution is -2.52. The molecular formula is C14H19F5NO5S2-. The smallest absolute Gasteiger partial charge is 0.423 e. The van der Waals surface area contributed by atoms with Crippen LogP contribution in [-0.2, 0) is 24.8 Å². The van der Waals surface area contributed by atoms with Crippen molar-refractivity contribution >= 4 is 25.8 Å². The highest BCUT2D eigenvalue weighted by Crippen LogP contribution is 2.62. The number of fused-ring (bicyclic) bond motifs is 2. The van der Waals surface area contributed by atoms with Crippen molar-refractivity contribution in [1.82, 2.24) is 0 Å². The van der Waals surface area contributed by atoms with Gasteiger partial charge in [-0.25, -0.2) is 16.8 Å². The fourth-order valence-electron chi connectivity index (χ4n) is 4.13. The standard InChI is InChI=1S/C14H19F5NO5S2/c1-12(2)9-5-3-8(10(12)7-9)4-6-11(21)13(15,16)26(22,23)20-27(24,25)14(17,18)19/h8-10H,3-7H2,1-2H3/q-1. The van der Waals surface area contributed by atoms with Gasteiger partial charge in [0.1, 0.15) is 0 Å². The van der Waals surface area contributed by atoms with Crippen LogP contribution in [0.1, 0.15) is 46.0 Å². The van der Waals surface area contributed by atoms with Gasteiger partial charge in [-0.05, 0) is 48.9 Å². The molecule has 3 rings (SSSR count). The quantitative estimate of drug-likeness (QED) is 0.564. The van der Waals surface area contributed by atoms with Gasteiger partial charge in [-0.2, -0.15) is 22.0 Å². The molecule has 3 saturated carbocycles. The first-order valence-corrected chi connectivity index (χ1v) is 11.0. The van der Waals surface area contributed by atoms with Crippen LogP contribution in [0.5, 0.6) is 0 Å². The van der Waals surface area contributed by atoms with E-state index in [0.29, 0.717) is 12.3 Å². The summed E-state index contributed by atoms with van der Waals surface area (Å²) in [5, 5.41) is -5.35. The summed E-state index contributed by atoms with van der Waals surface area (Å²) in [4.78, 5) is 11.7. The van der Waals surface area contributed by atoms with Gasteiger partial charge in [0.05, 0.1) is 0 Å². The topological polar surface area (TPSA) is 99.4 Å². The molecule has 0 aromatic carbocycles. The molecule has 3 aliphatic rings. The van der Waals surface area contributed by atoms with Crippen molar-refractivity contribution in [2.45, 2.75) is 56.7 Å². The molecule has 0 radical (unpaired) electrons. The molecule has 3 unspecified atom stereocenters. The third-order valence-electron chi connectivity index (χ3n) is 5.88. The van der Waals surface area contributed by atoms with Crippen LogP contribution >= 0.6 is 0 Å². The van der Waals surface area contributed by atoms with E-state index in [0.717, 1.165) is 12.8 Å². The third-order valence-corrected chi connectivity index (χ3v) is 8.91. The van der Waals surface area contributed by atoms with Gasteiger partial charge in [0.2, 0.25) is 5.78 Å². The summed E-state index contributed by atoms with van der Waals surface area (Å²) < 4.78 is 110. The van der Waals surface area contributed by atoms with E-state index in [-0.39, 0.29) is 23.7 Å². The Hall–Kier alpha value is -0.820. The van der Waals surface area contributed by atoms with Gasteiger partial charge >= 0.3 is 10.8 Å². The van der Waals surface area contributed by atoms with Crippen molar-refractivity contribution in [2.24, 2.45) is 23.2 Å². The van der Waals surface area contributed by atoms with Crippen molar-refractivity contribution < 1.29 is 43.6 Å². The lowest BCUT2D eigenvalue weighted by atomic mass is 9.45. The van der Waals surface area contributed by atoms with Crippen LogP contribution in [-0.4, -0.2) is 33.4 Å². The van der Waals surface area contributed by atoms with Crippen molar-refractivity contribution in [2.75, 3.05) is 0 Å². The summed E-state index contributed by atoms with van der Waals surface area (Å²) in [6.45, 7) is 4.06. The number of sulfonamides is 2. The van der Waals surface area contributed by atoms with Crippen LogP contribution in [0.25, 0.3) is 4.13 Å². The molecule has 6 nitrogen and oxygen atoms in total. The molecule has 0 N–H and O–H groups in total. The monoisotopic (exact) mass is 440 g/mol. The summed E-state index contributed by atoms with van der Waals surface area (Å²) in [6, 6.07) is 0. The summed E-state index contributed by atoms with van der Waals surface area (Å²) in [5.74, 6) is -1.53. The number of carbonyl (C=O) groups is 1. The average molecular weight is 440 g/mol. The minimum atomic E-state index is -6.72. The number of ketones is 1. The maximum atomic E-state index is 13.9. The van der Waals surface area contributed by atoms with E-state index in [4.69, 9.17) is 0 Å². The number of hydrogen-bond acceptors (Lipinski definition) is 5. The Kier molecular flexibility index (Phi) is 5.50. The average Bonchev–Trinajstić information content (AvgIpc) is 2.50. The first-order chi connectivity index (χ1) is 11.9. The maximum Gasteiger partial charge on any atom is 0.480 e. The Morgan fingerprint density at radius 3 is 2.04 bits per heavy atom. The zero-order chi connectivity index (χ0) is 21.1. The molecular weight excluding hydrogens is 421 g/mol. The minimum Gasteiger partial charge on any atom is -0.423 e. The van der Waals surface area contributed by atoms with Crippen molar-refractivity contribution in [3.8, 4) is 0 Å². The summed E-state index contributed by atoms with van der Waals surface area (Å²) >= 11 is 0. The van der Waals surface area contributed by atoms with Gasteiger partial charge in [0.25, 0.3) is 0 Å². The minimum absolute atomic E-state index is 0.00329. The largest absolute Gasteiger partial charge is 0.480 e. The number of alkyl halides is 5. The van der Waals surface area contributed by atoms with Crippen LogP contribution < -0.4 is 0 Å². The third kappa shape index (κ3) is 3.86. The van der Waals surface area contributed by atoms with Crippen molar-refractivity contribution in [3.63, 3.8) is 0 Å². The Balaban J connectivity index is 2.06. The van der Waals surface area contributed by atoms with Crippen molar-refractivity contribution in [1.29, 1.82) is 0 Å². The number of halogens is 5. The van der Waals surface area contributed by atoms with Gasteiger partial charge in [0.15, 0.2) is 20.0 Å². The highest BCUT2D eigenvalue weighted by atomic mass is 32.3. The van der Waals surface area contributed by atoms with E-state index >= 15 is 0 Å². The molecule has 0 saturated heterocycles. The molecule has 0 spiro atoms. The van der Waals surface area contributed by atoms with Crippen LogP contribution in [0.2, 0.25) is 0 Å². The molecule has 158 valence electrons. The highest BCUT2D eigenvalue weighted by molar-refractivity contribution is 8.13. The van der Waals surface area contributed by atoms with Crippen LogP contribution in [0.4, 0.5) is 22.0 Å². The van der Waals surface area contributed by atoms with Gasteiger partial charge in [0, 0.05) is 6.42 Å². The van der Waals surface area contributed by atoms with Gasteiger partial charge < -0.3 is 4.13 Å². The lowest BCUT2D eigenvalue weighted by Gasteiger charge is -2.60. The van der Waals surface area contributed by atoms with E-state index in [9.17, 15) is 43.6 Å². The van der Waals surface area contributed by atoms with Gasteiger partial charge in [-0.15, -0.1) is 0 Å². The highest BCUT2D eigenvalue weighted by Gasteiger charge is 2.55. The number of rotatable bonds is 7. The van der Waals surface area contributed by atoms with E-state index in [1.165, 1.54) is 4.13 Å². The molecule has 13 heteroatoms. The fraction of sp³-hybridized carbons (Fsp3) is 0.929. The molecule has 27 heavy (non-hydrogen) atoms. The second-order valence-electron chi connectivity index (χ2n) is 7.65. The molecule has 3 fully saturated rings. The Labute approximate surface area is 154 Å². The summed E-state index contributed by atoms with van der Waals surface area (Å²) in [5.41, 5.74) is -6.18. The predicted molar refractivity (Wildman–Crippen MR) is 84.5 cm³/mol. The zero-order valence-electron chi connectivity index (χ0n) is 14.5. The molecule has 0 aromatic rings. The number of hydrogen-bond donors (Lipinski definition) is 0. The summed E-state index contributed by atoms with van der Waals surface area (Å²) in [7, 11) is -13.3. The number of Topliss-reactive ketones (excluding diaryl/α,β-unsaturated/α-hetero) is 1. The first kappa shape index (κ1) is 22.5. The molecule has 2 bridgehead atoms. The molecule has 0 aliphatic heterocycles.